The highest BCUT2D eigenvalue weighted by atomic mass is 32.2. The van der Waals surface area contributed by atoms with Gasteiger partial charge < -0.3 is 19.9 Å². The highest BCUT2D eigenvalue weighted by Crippen LogP contribution is 2.19. The molecule has 0 bridgehead atoms. The van der Waals surface area contributed by atoms with Gasteiger partial charge >= 0.3 is 0 Å². The lowest BCUT2D eigenvalue weighted by Gasteiger charge is -2.09. The summed E-state index contributed by atoms with van der Waals surface area (Å²) in [6.45, 7) is 6.80. The number of amides is 2. The Balaban J connectivity index is 1.52. The summed E-state index contributed by atoms with van der Waals surface area (Å²) in [6, 6.07) is 14.7. The third-order valence-corrected chi connectivity index (χ3v) is 6.04. The number of aromatic nitrogens is 3. The van der Waals surface area contributed by atoms with Crippen LogP contribution in [0.25, 0.3) is 0 Å². The van der Waals surface area contributed by atoms with Crippen molar-refractivity contribution in [3.63, 3.8) is 0 Å². The van der Waals surface area contributed by atoms with Crippen molar-refractivity contribution < 1.29 is 14.3 Å². The van der Waals surface area contributed by atoms with E-state index in [1.165, 1.54) is 17.3 Å². The molecular weight excluding hydrogens is 450 g/mol. The van der Waals surface area contributed by atoms with Crippen molar-refractivity contribution in [2.24, 2.45) is 0 Å². The van der Waals surface area contributed by atoms with Gasteiger partial charge in [-0.25, -0.2) is 0 Å². The summed E-state index contributed by atoms with van der Waals surface area (Å²) in [5.74, 6) is 1.33. The normalized spacial score (nSPS) is 10.5. The summed E-state index contributed by atoms with van der Waals surface area (Å²) in [5, 5.41) is 14.9. The average molecular weight is 480 g/mol. The predicted molar refractivity (Wildman–Crippen MR) is 134 cm³/mol. The SMILES string of the molecule is C=CCn1c(CCNC(=O)c2ccc(OC)cc2)nnc1SCC(=O)Nc1ccc(CC)cc1. The Hall–Kier alpha value is -3.59. The van der Waals surface area contributed by atoms with Crippen LogP contribution in [0.4, 0.5) is 5.69 Å². The molecule has 9 heteroatoms. The number of nitrogens with one attached hydrogen (secondary N) is 2. The Labute approximate surface area is 203 Å². The van der Waals surface area contributed by atoms with E-state index >= 15 is 0 Å². The van der Waals surface area contributed by atoms with Crippen LogP contribution < -0.4 is 15.4 Å². The molecule has 8 nitrogen and oxygen atoms in total. The number of carbonyl (C=O) groups is 2. The van der Waals surface area contributed by atoms with Crippen molar-refractivity contribution in [1.82, 2.24) is 20.1 Å². The maximum absolute atomic E-state index is 12.4. The Bertz CT molecular complexity index is 1110. The first-order chi connectivity index (χ1) is 16.5. The summed E-state index contributed by atoms with van der Waals surface area (Å²) in [4.78, 5) is 24.7. The summed E-state index contributed by atoms with van der Waals surface area (Å²) >= 11 is 1.31. The van der Waals surface area contributed by atoms with Crippen LogP contribution in [0.3, 0.4) is 0 Å². The van der Waals surface area contributed by atoms with E-state index in [0.29, 0.717) is 41.8 Å². The number of anilines is 1. The van der Waals surface area contributed by atoms with Crippen LogP contribution in [0, 0.1) is 0 Å². The summed E-state index contributed by atoms with van der Waals surface area (Å²) < 4.78 is 7.02. The zero-order valence-corrected chi connectivity index (χ0v) is 20.2. The molecule has 34 heavy (non-hydrogen) atoms. The minimum atomic E-state index is -0.171. The van der Waals surface area contributed by atoms with Crippen molar-refractivity contribution >= 4 is 29.3 Å². The number of hydrogen-bond donors (Lipinski definition) is 2. The molecule has 0 unspecified atom stereocenters. The van der Waals surface area contributed by atoms with Gasteiger partial charge in [0.25, 0.3) is 5.91 Å². The highest BCUT2D eigenvalue weighted by Gasteiger charge is 2.14. The van der Waals surface area contributed by atoms with Gasteiger partial charge in [-0.15, -0.1) is 16.8 Å². The van der Waals surface area contributed by atoms with E-state index < -0.39 is 0 Å². The molecule has 2 aromatic carbocycles. The molecule has 0 saturated heterocycles. The summed E-state index contributed by atoms with van der Waals surface area (Å²) in [5.41, 5.74) is 2.54. The highest BCUT2D eigenvalue weighted by molar-refractivity contribution is 7.99. The molecule has 3 aromatic rings. The van der Waals surface area contributed by atoms with Crippen LogP contribution in [0.15, 0.2) is 66.3 Å². The van der Waals surface area contributed by atoms with Crippen molar-refractivity contribution in [2.75, 3.05) is 24.7 Å². The lowest BCUT2D eigenvalue weighted by molar-refractivity contribution is -0.113. The molecular formula is C25H29N5O3S. The number of methoxy groups -OCH3 is 1. The fraction of sp³-hybridized carbons (Fsp3) is 0.280. The third kappa shape index (κ3) is 6.95. The van der Waals surface area contributed by atoms with Crippen LogP contribution in [-0.4, -0.2) is 46.0 Å². The molecule has 2 amide bonds. The fourth-order valence-electron chi connectivity index (χ4n) is 3.21. The minimum Gasteiger partial charge on any atom is -0.497 e. The van der Waals surface area contributed by atoms with Gasteiger partial charge in [-0.2, -0.15) is 0 Å². The van der Waals surface area contributed by atoms with Gasteiger partial charge in [0.15, 0.2) is 5.16 Å². The van der Waals surface area contributed by atoms with Gasteiger partial charge in [-0.3, -0.25) is 9.59 Å². The molecule has 0 fully saturated rings. The van der Waals surface area contributed by atoms with Crippen LogP contribution in [0.2, 0.25) is 0 Å². The molecule has 3 rings (SSSR count). The largest absolute Gasteiger partial charge is 0.497 e. The quantitative estimate of drug-likeness (QED) is 0.303. The molecule has 1 aromatic heterocycles. The lowest BCUT2D eigenvalue weighted by atomic mass is 10.1. The molecule has 0 spiro atoms. The van der Waals surface area contributed by atoms with Gasteiger partial charge in [0.2, 0.25) is 5.91 Å². The van der Waals surface area contributed by atoms with E-state index in [9.17, 15) is 9.59 Å². The Kier molecular flexibility index (Phi) is 9.28. The minimum absolute atomic E-state index is 0.115. The summed E-state index contributed by atoms with van der Waals surface area (Å²) in [6.07, 6.45) is 3.21. The predicted octanol–water partition coefficient (Wildman–Crippen LogP) is 3.74. The molecule has 2 N–H and O–H groups in total. The zero-order chi connectivity index (χ0) is 24.3. The van der Waals surface area contributed by atoms with Crippen LogP contribution in [-0.2, 0) is 24.2 Å². The maximum Gasteiger partial charge on any atom is 0.251 e. The van der Waals surface area contributed by atoms with Gasteiger partial charge in [0, 0.05) is 30.8 Å². The van der Waals surface area contributed by atoms with Crippen molar-refractivity contribution in [2.45, 2.75) is 31.5 Å². The zero-order valence-electron chi connectivity index (χ0n) is 19.4. The van der Waals surface area contributed by atoms with E-state index in [4.69, 9.17) is 4.74 Å². The number of allylic oxidation sites excluding steroid dienone is 1. The molecule has 0 atom stereocenters. The van der Waals surface area contributed by atoms with Crippen LogP contribution >= 0.6 is 11.8 Å². The number of benzene rings is 2. The number of rotatable bonds is 12. The number of carbonyl (C=O) groups excluding carboxylic acids is 2. The second kappa shape index (κ2) is 12.6. The average Bonchev–Trinajstić information content (AvgIpc) is 3.24. The second-order valence-electron chi connectivity index (χ2n) is 7.42. The Morgan fingerprint density at radius 1 is 1.12 bits per heavy atom. The first-order valence-corrected chi connectivity index (χ1v) is 12.0. The van der Waals surface area contributed by atoms with E-state index in [1.807, 2.05) is 28.8 Å². The van der Waals surface area contributed by atoms with Crippen molar-refractivity contribution in [1.29, 1.82) is 0 Å². The number of aryl methyl sites for hydroxylation is 1. The number of ether oxygens (including phenoxy) is 1. The van der Waals surface area contributed by atoms with Crippen LogP contribution in [0.5, 0.6) is 5.75 Å². The molecule has 178 valence electrons. The summed E-state index contributed by atoms with van der Waals surface area (Å²) in [7, 11) is 1.58. The molecule has 0 aliphatic carbocycles. The van der Waals surface area contributed by atoms with E-state index in [-0.39, 0.29) is 17.6 Å². The molecule has 0 aliphatic rings. The Morgan fingerprint density at radius 2 is 1.85 bits per heavy atom. The first kappa shape index (κ1) is 25.0. The third-order valence-electron chi connectivity index (χ3n) is 5.07. The van der Waals surface area contributed by atoms with Crippen molar-refractivity contribution in [3.8, 4) is 5.75 Å². The van der Waals surface area contributed by atoms with E-state index in [0.717, 1.165) is 12.1 Å². The first-order valence-electron chi connectivity index (χ1n) is 11.0. The van der Waals surface area contributed by atoms with Crippen LogP contribution in [0.1, 0.15) is 28.7 Å². The van der Waals surface area contributed by atoms with Gasteiger partial charge in [-0.1, -0.05) is 36.9 Å². The number of hydrogen-bond acceptors (Lipinski definition) is 6. The van der Waals surface area contributed by atoms with Crippen molar-refractivity contribution in [3.05, 3.63) is 78.1 Å². The van der Waals surface area contributed by atoms with Gasteiger partial charge in [-0.05, 0) is 48.4 Å². The van der Waals surface area contributed by atoms with E-state index in [1.54, 1.807) is 37.5 Å². The number of nitrogens with zero attached hydrogens (tertiary/aromatic N) is 3. The monoisotopic (exact) mass is 479 g/mol. The fourth-order valence-corrected chi connectivity index (χ4v) is 3.97. The molecule has 0 saturated carbocycles. The smallest absolute Gasteiger partial charge is 0.251 e. The van der Waals surface area contributed by atoms with Gasteiger partial charge in [0.05, 0.1) is 12.9 Å². The number of thioether (sulfide) groups is 1. The van der Waals surface area contributed by atoms with Gasteiger partial charge in [0.1, 0.15) is 11.6 Å². The topological polar surface area (TPSA) is 98.1 Å². The Morgan fingerprint density at radius 3 is 2.50 bits per heavy atom. The maximum atomic E-state index is 12.4. The standard InChI is InChI=1S/C25H29N5O3S/c1-4-16-30-22(14-15-26-24(32)19-8-12-21(33-3)13-9-19)28-29-25(30)34-17-23(31)27-20-10-6-18(5-2)7-11-20/h4,6-13H,1,5,14-17H2,2-3H3,(H,26,32)(H,27,31). The van der Waals surface area contributed by atoms with E-state index in [2.05, 4.69) is 34.3 Å². The lowest BCUT2D eigenvalue weighted by Crippen LogP contribution is -2.26. The molecule has 0 aliphatic heterocycles. The second-order valence-corrected chi connectivity index (χ2v) is 8.36. The molecule has 0 radical (unpaired) electrons. The molecule has 1 heterocycles.